The van der Waals surface area contributed by atoms with Gasteiger partial charge in [-0.1, -0.05) is 43.7 Å². The van der Waals surface area contributed by atoms with Crippen LogP contribution < -0.4 is 29.1 Å². The van der Waals surface area contributed by atoms with Gasteiger partial charge < -0.3 is 23.7 Å². The Balaban J connectivity index is 1.25. The van der Waals surface area contributed by atoms with Crippen molar-refractivity contribution in [2.75, 3.05) is 13.7 Å². The highest BCUT2D eigenvalue weighted by Crippen LogP contribution is 2.28. The highest BCUT2D eigenvalue weighted by atomic mass is 16.6. The van der Waals surface area contributed by atoms with Crippen LogP contribution >= 0.6 is 0 Å². The van der Waals surface area contributed by atoms with Gasteiger partial charge in [-0.3, -0.25) is 4.79 Å². The first-order valence-electron chi connectivity index (χ1n) is 14.3. The lowest BCUT2D eigenvalue weighted by Crippen LogP contribution is -2.33. The molecule has 0 saturated heterocycles. The van der Waals surface area contributed by atoms with E-state index in [9.17, 15) is 9.59 Å². The number of unbranched alkanes of at least 4 members (excludes halogenated alkanes) is 1. The zero-order valence-electron chi connectivity index (χ0n) is 25.0. The summed E-state index contributed by atoms with van der Waals surface area (Å²) < 4.78 is 28.1. The van der Waals surface area contributed by atoms with Crippen molar-refractivity contribution in [2.45, 2.75) is 39.4 Å². The summed E-state index contributed by atoms with van der Waals surface area (Å²) >= 11 is 0. The molecular formula is C35H36N2O7. The molecular weight excluding hydrogens is 560 g/mol. The van der Waals surface area contributed by atoms with Crippen molar-refractivity contribution in [1.29, 1.82) is 0 Å². The molecule has 0 bridgehead atoms. The van der Waals surface area contributed by atoms with Crippen molar-refractivity contribution >= 4 is 18.1 Å². The number of methoxy groups -OCH3 is 1. The molecule has 4 aromatic carbocycles. The predicted molar refractivity (Wildman–Crippen MR) is 168 cm³/mol. The molecule has 1 atom stereocenters. The third-order valence-corrected chi connectivity index (χ3v) is 6.39. The third kappa shape index (κ3) is 9.62. The molecule has 9 nitrogen and oxygen atoms in total. The molecule has 4 rings (SSSR count). The Morgan fingerprint density at radius 2 is 1.52 bits per heavy atom. The lowest BCUT2D eigenvalue weighted by molar-refractivity contribution is -0.127. The monoisotopic (exact) mass is 596 g/mol. The average Bonchev–Trinajstić information content (AvgIpc) is 3.05. The fourth-order valence-corrected chi connectivity index (χ4v) is 3.90. The molecule has 0 aliphatic rings. The van der Waals surface area contributed by atoms with E-state index in [1.165, 1.54) is 13.3 Å². The van der Waals surface area contributed by atoms with Gasteiger partial charge in [-0.2, -0.15) is 5.10 Å². The summed E-state index contributed by atoms with van der Waals surface area (Å²) in [6.07, 6.45) is 2.67. The molecule has 1 N–H and O–H groups in total. The van der Waals surface area contributed by atoms with Gasteiger partial charge in [-0.05, 0) is 91.2 Å². The van der Waals surface area contributed by atoms with Crippen LogP contribution in [-0.2, 0) is 11.4 Å². The Morgan fingerprint density at radius 3 is 2.23 bits per heavy atom. The maximum Gasteiger partial charge on any atom is 0.343 e. The predicted octanol–water partition coefficient (Wildman–Crippen LogP) is 6.59. The number of nitrogens with one attached hydrogen (secondary N) is 1. The molecule has 0 aromatic heterocycles. The van der Waals surface area contributed by atoms with Crippen molar-refractivity contribution in [3.8, 4) is 28.7 Å². The van der Waals surface area contributed by atoms with E-state index in [0.717, 1.165) is 18.4 Å². The topological polar surface area (TPSA) is 105 Å². The second kappa shape index (κ2) is 16.4. The quantitative estimate of drug-likeness (QED) is 0.0543. The van der Waals surface area contributed by atoms with Gasteiger partial charge in [0.05, 0.1) is 25.5 Å². The first-order chi connectivity index (χ1) is 21.4. The van der Waals surface area contributed by atoms with Crippen molar-refractivity contribution in [3.63, 3.8) is 0 Å². The Hall–Kier alpha value is -5.31. The van der Waals surface area contributed by atoms with E-state index in [1.54, 1.807) is 73.7 Å². The normalized spacial score (nSPS) is 11.4. The van der Waals surface area contributed by atoms with E-state index < -0.39 is 18.0 Å². The summed E-state index contributed by atoms with van der Waals surface area (Å²) in [5.74, 6) is 1.55. The van der Waals surface area contributed by atoms with E-state index in [4.69, 9.17) is 23.7 Å². The molecule has 44 heavy (non-hydrogen) atoms. The number of ether oxygens (including phenoxy) is 5. The van der Waals surface area contributed by atoms with Crippen LogP contribution in [0.5, 0.6) is 28.7 Å². The fourth-order valence-electron chi connectivity index (χ4n) is 3.90. The van der Waals surface area contributed by atoms with Gasteiger partial charge in [0.2, 0.25) is 0 Å². The van der Waals surface area contributed by atoms with Crippen LogP contribution in [0, 0.1) is 0 Å². The maximum absolute atomic E-state index is 12.7. The van der Waals surface area contributed by atoms with E-state index in [2.05, 4.69) is 17.5 Å². The number of carbonyl (C=O) groups excluding carboxylic acids is 2. The second-order valence-electron chi connectivity index (χ2n) is 9.77. The fraction of sp³-hybridized carbons (Fsp3) is 0.229. The first kappa shape index (κ1) is 31.6. The van der Waals surface area contributed by atoms with Crippen molar-refractivity contribution in [1.82, 2.24) is 5.43 Å². The summed E-state index contributed by atoms with van der Waals surface area (Å²) in [5, 5.41) is 4.02. The van der Waals surface area contributed by atoms with Gasteiger partial charge in [-0.25, -0.2) is 10.2 Å². The molecule has 4 aromatic rings. The van der Waals surface area contributed by atoms with Crippen LogP contribution in [-0.4, -0.2) is 37.9 Å². The Morgan fingerprint density at radius 1 is 0.841 bits per heavy atom. The molecule has 0 aliphatic carbocycles. The third-order valence-electron chi connectivity index (χ3n) is 6.39. The standard InChI is InChI=1S/C35H36N2O7/c1-4-5-21-41-29-14-12-28(13-15-29)35(39)44-32-20-11-27(22-33(32)40-3)23-36-37-34(38)25(2)43-31-18-16-30(17-19-31)42-24-26-9-7-6-8-10-26/h6-20,22-23,25H,4-5,21,24H2,1-3H3,(H,37,38)/b36-23-/t25-/m1/s1. The molecule has 0 aliphatic heterocycles. The van der Waals surface area contributed by atoms with E-state index in [0.29, 0.717) is 47.3 Å². The number of amides is 1. The highest BCUT2D eigenvalue weighted by Gasteiger charge is 2.15. The summed E-state index contributed by atoms with van der Waals surface area (Å²) in [7, 11) is 1.47. The number of carbonyl (C=O) groups is 2. The summed E-state index contributed by atoms with van der Waals surface area (Å²) in [6.45, 7) is 4.81. The van der Waals surface area contributed by atoms with Crippen LogP contribution in [0.1, 0.15) is 48.2 Å². The molecule has 9 heteroatoms. The minimum Gasteiger partial charge on any atom is -0.494 e. The molecule has 0 radical (unpaired) electrons. The van der Waals surface area contributed by atoms with Crippen molar-refractivity contribution < 1.29 is 33.3 Å². The average molecular weight is 597 g/mol. The van der Waals surface area contributed by atoms with Crippen molar-refractivity contribution in [3.05, 3.63) is 114 Å². The number of hydrazone groups is 1. The van der Waals surface area contributed by atoms with Crippen LogP contribution in [0.3, 0.4) is 0 Å². The number of hydrogen-bond donors (Lipinski definition) is 1. The lowest BCUT2D eigenvalue weighted by atomic mass is 10.2. The van der Waals surface area contributed by atoms with Crippen LogP contribution in [0.25, 0.3) is 0 Å². The Labute approximate surface area is 257 Å². The lowest BCUT2D eigenvalue weighted by Gasteiger charge is -2.13. The molecule has 228 valence electrons. The van der Waals surface area contributed by atoms with Crippen molar-refractivity contribution in [2.24, 2.45) is 5.10 Å². The van der Waals surface area contributed by atoms with E-state index in [-0.39, 0.29) is 5.75 Å². The van der Waals surface area contributed by atoms with Gasteiger partial charge in [0.25, 0.3) is 5.91 Å². The second-order valence-corrected chi connectivity index (χ2v) is 9.77. The molecule has 0 spiro atoms. The summed E-state index contributed by atoms with van der Waals surface area (Å²) in [5.41, 5.74) is 4.55. The number of rotatable bonds is 15. The number of esters is 1. The minimum absolute atomic E-state index is 0.250. The smallest absolute Gasteiger partial charge is 0.343 e. The van der Waals surface area contributed by atoms with Gasteiger partial charge in [0.15, 0.2) is 17.6 Å². The summed E-state index contributed by atoms with van der Waals surface area (Å²) in [6, 6.07) is 28.6. The zero-order chi connectivity index (χ0) is 31.1. The molecule has 0 unspecified atom stereocenters. The molecule has 0 heterocycles. The van der Waals surface area contributed by atoms with Crippen LogP contribution in [0.4, 0.5) is 0 Å². The van der Waals surface area contributed by atoms with E-state index >= 15 is 0 Å². The van der Waals surface area contributed by atoms with Gasteiger partial charge >= 0.3 is 5.97 Å². The first-order valence-corrected chi connectivity index (χ1v) is 14.3. The highest BCUT2D eigenvalue weighted by molar-refractivity contribution is 5.92. The Bertz CT molecular complexity index is 1520. The minimum atomic E-state index is -0.795. The Kier molecular flexibility index (Phi) is 11.8. The molecule has 0 fully saturated rings. The zero-order valence-corrected chi connectivity index (χ0v) is 25.0. The number of benzene rings is 4. The summed E-state index contributed by atoms with van der Waals surface area (Å²) in [4.78, 5) is 25.2. The van der Waals surface area contributed by atoms with E-state index in [1.807, 2.05) is 30.3 Å². The number of hydrogen-bond acceptors (Lipinski definition) is 8. The van der Waals surface area contributed by atoms with Crippen LogP contribution in [0.15, 0.2) is 102 Å². The number of nitrogens with zero attached hydrogens (tertiary/aromatic N) is 1. The van der Waals surface area contributed by atoms with Gasteiger partial charge in [0.1, 0.15) is 23.9 Å². The molecule has 0 saturated carbocycles. The maximum atomic E-state index is 12.7. The van der Waals surface area contributed by atoms with Gasteiger partial charge in [-0.15, -0.1) is 0 Å². The SMILES string of the molecule is CCCCOc1ccc(C(=O)Oc2ccc(/C=N\NC(=O)[C@@H](C)Oc3ccc(OCc4ccccc4)cc3)cc2OC)cc1. The van der Waals surface area contributed by atoms with Gasteiger partial charge in [0, 0.05) is 0 Å². The molecule has 1 amide bonds. The largest absolute Gasteiger partial charge is 0.494 e. The van der Waals surface area contributed by atoms with Crippen LogP contribution in [0.2, 0.25) is 0 Å².